The quantitative estimate of drug-likeness (QED) is 0.842. The van der Waals surface area contributed by atoms with Crippen LogP contribution in [-0.4, -0.2) is 20.9 Å². The van der Waals surface area contributed by atoms with E-state index in [4.69, 9.17) is 5.14 Å². The summed E-state index contributed by atoms with van der Waals surface area (Å²) in [5.74, 6) is 0.314. The minimum atomic E-state index is -3.67. The van der Waals surface area contributed by atoms with Gasteiger partial charge in [-0.2, -0.15) is 0 Å². The maximum atomic E-state index is 12.1. The number of sulfonamides is 1. The van der Waals surface area contributed by atoms with E-state index in [2.05, 4.69) is 19.2 Å². The first-order valence-corrected chi connectivity index (χ1v) is 9.32. The normalized spacial score (nSPS) is 11.5. The first kappa shape index (κ1) is 18.2. The fourth-order valence-corrected chi connectivity index (χ4v) is 2.80. The molecule has 2 rings (SSSR count). The molecule has 0 saturated carbocycles. The van der Waals surface area contributed by atoms with Gasteiger partial charge in [-0.05, 0) is 47.7 Å². The Balaban J connectivity index is 1.88. The van der Waals surface area contributed by atoms with Crippen molar-refractivity contribution in [3.8, 4) is 0 Å². The molecular weight excluding hydrogens is 324 g/mol. The Bertz CT molecular complexity index is 795. The number of primary sulfonamides is 1. The highest BCUT2D eigenvalue weighted by molar-refractivity contribution is 7.89. The molecule has 0 aromatic heterocycles. The highest BCUT2D eigenvalue weighted by Crippen LogP contribution is 2.14. The smallest absolute Gasteiger partial charge is 0.251 e. The fraction of sp³-hybridized carbons (Fsp3) is 0.278. The maximum Gasteiger partial charge on any atom is 0.251 e. The third-order valence-corrected chi connectivity index (χ3v) is 4.72. The molecule has 0 fully saturated rings. The molecule has 0 radical (unpaired) electrons. The van der Waals surface area contributed by atoms with Crippen LogP contribution in [0.25, 0.3) is 0 Å². The second-order valence-electron chi connectivity index (χ2n) is 5.97. The molecule has 0 unspecified atom stereocenters. The molecule has 0 aliphatic heterocycles. The van der Waals surface area contributed by atoms with E-state index < -0.39 is 10.0 Å². The molecule has 3 N–H and O–H groups in total. The summed E-state index contributed by atoms with van der Waals surface area (Å²) in [6.45, 7) is 4.69. The molecule has 6 heteroatoms. The minimum Gasteiger partial charge on any atom is -0.352 e. The molecule has 2 aromatic carbocycles. The molecule has 5 nitrogen and oxygen atoms in total. The zero-order valence-corrected chi connectivity index (χ0v) is 14.6. The van der Waals surface area contributed by atoms with Gasteiger partial charge in [0.05, 0.1) is 4.90 Å². The molecule has 128 valence electrons. The number of benzene rings is 2. The molecule has 0 heterocycles. The summed E-state index contributed by atoms with van der Waals surface area (Å²) in [5.41, 5.74) is 2.75. The summed E-state index contributed by atoms with van der Waals surface area (Å²) in [5, 5.41) is 7.91. The van der Waals surface area contributed by atoms with E-state index in [1.165, 1.54) is 17.7 Å². The molecule has 2 aromatic rings. The zero-order chi connectivity index (χ0) is 17.7. The standard InChI is InChI=1S/C18H22N2O3S/c1-13(2)15-5-7-16(8-6-15)18(21)20-12-11-14-3-9-17(10-4-14)24(19,22)23/h3-10,13H,11-12H2,1-2H3,(H,20,21)(H2,19,22,23). The van der Waals surface area contributed by atoms with Crippen LogP contribution < -0.4 is 10.5 Å². The van der Waals surface area contributed by atoms with Gasteiger partial charge in [0.2, 0.25) is 10.0 Å². The van der Waals surface area contributed by atoms with Gasteiger partial charge in [-0.3, -0.25) is 4.79 Å². The Labute approximate surface area is 142 Å². The summed E-state index contributed by atoms with van der Waals surface area (Å²) in [7, 11) is -3.67. The number of carbonyl (C=O) groups is 1. The summed E-state index contributed by atoms with van der Waals surface area (Å²) >= 11 is 0. The van der Waals surface area contributed by atoms with Crippen LogP contribution >= 0.6 is 0 Å². The van der Waals surface area contributed by atoms with Gasteiger partial charge in [-0.25, -0.2) is 13.6 Å². The number of nitrogens with two attached hydrogens (primary N) is 1. The van der Waals surface area contributed by atoms with Gasteiger partial charge < -0.3 is 5.32 Å². The van der Waals surface area contributed by atoms with Crippen LogP contribution in [0.15, 0.2) is 53.4 Å². The average Bonchev–Trinajstić information content (AvgIpc) is 2.54. The molecule has 0 atom stereocenters. The summed E-state index contributed by atoms with van der Waals surface area (Å²) < 4.78 is 22.4. The van der Waals surface area contributed by atoms with Crippen LogP contribution in [-0.2, 0) is 16.4 Å². The van der Waals surface area contributed by atoms with Crippen molar-refractivity contribution in [1.82, 2.24) is 5.32 Å². The number of nitrogens with one attached hydrogen (secondary N) is 1. The van der Waals surface area contributed by atoms with E-state index >= 15 is 0 Å². The molecule has 0 saturated heterocycles. The topological polar surface area (TPSA) is 89.3 Å². The van der Waals surface area contributed by atoms with Crippen molar-refractivity contribution in [2.24, 2.45) is 5.14 Å². The van der Waals surface area contributed by atoms with Gasteiger partial charge in [0, 0.05) is 12.1 Å². The monoisotopic (exact) mass is 346 g/mol. The van der Waals surface area contributed by atoms with Gasteiger partial charge in [-0.1, -0.05) is 38.1 Å². The lowest BCUT2D eigenvalue weighted by Gasteiger charge is -2.08. The van der Waals surface area contributed by atoms with Crippen LogP contribution in [0.3, 0.4) is 0 Å². The van der Waals surface area contributed by atoms with Crippen LogP contribution in [0.2, 0.25) is 0 Å². The predicted molar refractivity (Wildman–Crippen MR) is 94.4 cm³/mol. The zero-order valence-electron chi connectivity index (χ0n) is 13.8. The van der Waals surface area contributed by atoms with Crippen molar-refractivity contribution in [2.75, 3.05) is 6.54 Å². The Morgan fingerprint density at radius 1 is 1.04 bits per heavy atom. The Morgan fingerprint density at radius 3 is 2.12 bits per heavy atom. The number of hydrogen-bond acceptors (Lipinski definition) is 3. The molecule has 24 heavy (non-hydrogen) atoms. The number of rotatable bonds is 6. The Morgan fingerprint density at radius 2 is 1.62 bits per heavy atom. The van der Waals surface area contributed by atoms with Gasteiger partial charge >= 0.3 is 0 Å². The van der Waals surface area contributed by atoms with Gasteiger partial charge in [-0.15, -0.1) is 0 Å². The molecular formula is C18H22N2O3S. The van der Waals surface area contributed by atoms with Crippen molar-refractivity contribution in [3.63, 3.8) is 0 Å². The van der Waals surface area contributed by atoms with Crippen LogP contribution in [0.1, 0.15) is 41.3 Å². The number of carbonyl (C=O) groups excluding carboxylic acids is 1. The van der Waals surface area contributed by atoms with Crippen molar-refractivity contribution >= 4 is 15.9 Å². The van der Waals surface area contributed by atoms with Crippen molar-refractivity contribution in [2.45, 2.75) is 31.1 Å². The predicted octanol–water partition coefficient (Wildman–Crippen LogP) is 2.43. The molecule has 0 aliphatic rings. The Hall–Kier alpha value is -2.18. The largest absolute Gasteiger partial charge is 0.352 e. The lowest BCUT2D eigenvalue weighted by molar-refractivity contribution is 0.0954. The summed E-state index contributed by atoms with van der Waals surface area (Å²) in [6, 6.07) is 13.9. The highest BCUT2D eigenvalue weighted by atomic mass is 32.2. The maximum absolute atomic E-state index is 12.1. The lowest BCUT2D eigenvalue weighted by atomic mass is 10.0. The third kappa shape index (κ3) is 4.91. The SMILES string of the molecule is CC(C)c1ccc(C(=O)NCCc2ccc(S(N)(=O)=O)cc2)cc1. The average molecular weight is 346 g/mol. The van der Waals surface area contributed by atoms with Crippen molar-refractivity contribution < 1.29 is 13.2 Å². The van der Waals surface area contributed by atoms with Gasteiger partial charge in [0.25, 0.3) is 5.91 Å². The molecule has 0 spiro atoms. The van der Waals surface area contributed by atoms with E-state index in [0.29, 0.717) is 24.4 Å². The van der Waals surface area contributed by atoms with Crippen LogP contribution in [0.4, 0.5) is 0 Å². The molecule has 0 bridgehead atoms. The van der Waals surface area contributed by atoms with Crippen molar-refractivity contribution in [1.29, 1.82) is 0 Å². The van der Waals surface area contributed by atoms with Gasteiger partial charge in [0.15, 0.2) is 0 Å². The second-order valence-corrected chi connectivity index (χ2v) is 7.53. The molecule has 0 aliphatic carbocycles. The van der Waals surface area contributed by atoms with Crippen molar-refractivity contribution in [3.05, 3.63) is 65.2 Å². The first-order chi connectivity index (χ1) is 11.3. The highest BCUT2D eigenvalue weighted by Gasteiger charge is 2.08. The number of amides is 1. The first-order valence-electron chi connectivity index (χ1n) is 7.77. The van der Waals surface area contributed by atoms with E-state index in [0.717, 1.165) is 5.56 Å². The summed E-state index contributed by atoms with van der Waals surface area (Å²) in [4.78, 5) is 12.2. The lowest BCUT2D eigenvalue weighted by Crippen LogP contribution is -2.25. The van der Waals surface area contributed by atoms with E-state index in [-0.39, 0.29) is 10.8 Å². The van der Waals surface area contributed by atoms with E-state index in [1.807, 2.05) is 24.3 Å². The fourth-order valence-electron chi connectivity index (χ4n) is 2.29. The van der Waals surface area contributed by atoms with E-state index in [9.17, 15) is 13.2 Å². The molecule has 1 amide bonds. The third-order valence-electron chi connectivity index (χ3n) is 3.79. The van der Waals surface area contributed by atoms with E-state index in [1.54, 1.807) is 12.1 Å². The number of hydrogen-bond donors (Lipinski definition) is 2. The van der Waals surface area contributed by atoms with Crippen LogP contribution in [0.5, 0.6) is 0 Å². The summed E-state index contributed by atoms with van der Waals surface area (Å²) in [6.07, 6.45) is 0.612. The minimum absolute atomic E-state index is 0.0838. The van der Waals surface area contributed by atoms with Gasteiger partial charge in [0.1, 0.15) is 0 Å². The Kier molecular flexibility index (Phi) is 5.75. The van der Waals surface area contributed by atoms with Crippen LogP contribution in [0, 0.1) is 0 Å². The second kappa shape index (κ2) is 7.59.